The van der Waals surface area contributed by atoms with Crippen LogP contribution >= 0.6 is 22.6 Å². The van der Waals surface area contributed by atoms with Crippen molar-refractivity contribution in [2.75, 3.05) is 0 Å². The summed E-state index contributed by atoms with van der Waals surface area (Å²) in [6.07, 6.45) is 4.66. The molecular formula is C27H22FIN4O. The Morgan fingerprint density at radius 1 is 0.971 bits per heavy atom. The summed E-state index contributed by atoms with van der Waals surface area (Å²) in [6, 6.07) is 18.7. The van der Waals surface area contributed by atoms with Crippen LogP contribution < -0.4 is 5.56 Å². The number of nitrogens with zero attached hydrogens (tertiary/aromatic N) is 4. The van der Waals surface area contributed by atoms with E-state index in [1.54, 1.807) is 49.4 Å². The fourth-order valence-electron chi connectivity index (χ4n) is 4.40. The van der Waals surface area contributed by atoms with Gasteiger partial charge in [0.25, 0.3) is 5.56 Å². The first kappa shape index (κ1) is 22.5. The molecule has 170 valence electrons. The van der Waals surface area contributed by atoms with Gasteiger partial charge in [0.05, 0.1) is 18.2 Å². The Kier molecular flexibility index (Phi) is 5.59. The van der Waals surface area contributed by atoms with Crippen LogP contribution in [0.15, 0.2) is 84.2 Å². The Labute approximate surface area is 210 Å². The first-order chi connectivity index (χ1) is 16.3. The van der Waals surface area contributed by atoms with Gasteiger partial charge in [-0.3, -0.25) is 9.36 Å². The summed E-state index contributed by atoms with van der Waals surface area (Å²) >= 11 is 2.21. The molecule has 0 saturated carbocycles. The fraction of sp³-hybridized carbons (Fsp3) is 0.148. The largest absolute Gasteiger partial charge is 0.334 e. The molecule has 3 heterocycles. The molecule has 34 heavy (non-hydrogen) atoms. The molecule has 0 spiro atoms. The van der Waals surface area contributed by atoms with E-state index >= 15 is 4.39 Å². The van der Waals surface area contributed by atoms with E-state index in [-0.39, 0.29) is 5.56 Å². The molecular weight excluding hydrogens is 542 g/mol. The third kappa shape index (κ3) is 3.64. The van der Waals surface area contributed by atoms with Gasteiger partial charge in [-0.2, -0.15) is 0 Å². The topological polar surface area (TPSA) is 52.7 Å². The standard InChI is InChI=1S/C27H22FIN4O/c1-17-5-4-6-18(11-17)22-13-25(34)33(3)26-23(22)12-20(14-31-26)27(28,24-15-30-16-32(24)2)19-7-9-21(29)10-8-19/h4-16H,1-3H3/t27-/m1/s1. The van der Waals surface area contributed by atoms with Crippen molar-refractivity contribution in [3.8, 4) is 11.1 Å². The summed E-state index contributed by atoms with van der Waals surface area (Å²) < 4.78 is 21.5. The molecule has 0 aliphatic carbocycles. The highest BCUT2D eigenvalue weighted by atomic mass is 127. The van der Waals surface area contributed by atoms with E-state index < -0.39 is 5.67 Å². The number of hydrogen-bond donors (Lipinski definition) is 0. The molecule has 0 saturated heterocycles. The van der Waals surface area contributed by atoms with Gasteiger partial charge in [0.1, 0.15) is 5.65 Å². The van der Waals surface area contributed by atoms with Crippen LogP contribution in [-0.2, 0) is 19.8 Å². The highest BCUT2D eigenvalue weighted by Gasteiger charge is 2.40. The quantitative estimate of drug-likeness (QED) is 0.271. The zero-order valence-electron chi connectivity index (χ0n) is 19.0. The minimum Gasteiger partial charge on any atom is -0.334 e. The average Bonchev–Trinajstić information content (AvgIpc) is 3.27. The Morgan fingerprint density at radius 2 is 1.74 bits per heavy atom. The maximum atomic E-state index is 17.3. The molecule has 0 N–H and O–H groups in total. The lowest BCUT2D eigenvalue weighted by Gasteiger charge is -2.27. The number of halogens is 2. The van der Waals surface area contributed by atoms with Crippen LogP contribution in [0.1, 0.15) is 22.4 Å². The second kappa shape index (κ2) is 8.47. The molecule has 0 unspecified atom stereocenters. The molecule has 5 rings (SSSR count). The molecule has 0 radical (unpaired) electrons. The van der Waals surface area contributed by atoms with Crippen molar-refractivity contribution in [3.63, 3.8) is 0 Å². The van der Waals surface area contributed by atoms with E-state index in [0.29, 0.717) is 27.9 Å². The highest BCUT2D eigenvalue weighted by Crippen LogP contribution is 2.42. The number of pyridine rings is 2. The first-order valence-corrected chi connectivity index (χ1v) is 11.9. The summed E-state index contributed by atoms with van der Waals surface area (Å²) in [5, 5.41) is 0.708. The maximum absolute atomic E-state index is 17.3. The number of aromatic nitrogens is 4. The van der Waals surface area contributed by atoms with Gasteiger partial charge in [0.2, 0.25) is 5.67 Å². The van der Waals surface area contributed by atoms with Crippen molar-refractivity contribution in [1.82, 2.24) is 19.1 Å². The van der Waals surface area contributed by atoms with Crippen LogP contribution in [0.4, 0.5) is 4.39 Å². The zero-order chi connectivity index (χ0) is 24.0. The number of rotatable bonds is 4. The lowest BCUT2D eigenvalue weighted by Crippen LogP contribution is -2.27. The Morgan fingerprint density at radius 3 is 2.41 bits per heavy atom. The molecule has 0 bridgehead atoms. The van der Waals surface area contributed by atoms with Crippen molar-refractivity contribution in [2.24, 2.45) is 14.1 Å². The lowest BCUT2D eigenvalue weighted by molar-refractivity contribution is 0.266. The number of alkyl halides is 1. The summed E-state index contributed by atoms with van der Waals surface area (Å²) in [5.41, 5.74) is 2.29. The molecule has 5 nitrogen and oxygen atoms in total. The van der Waals surface area contributed by atoms with Crippen molar-refractivity contribution < 1.29 is 4.39 Å². The molecule has 1 atom stereocenters. The van der Waals surface area contributed by atoms with Crippen LogP contribution in [0.25, 0.3) is 22.2 Å². The average molecular weight is 564 g/mol. The van der Waals surface area contributed by atoms with Crippen LogP contribution in [0.2, 0.25) is 0 Å². The van der Waals surface area contributed by atoms with Crippen LogP contribution in [0, 0.1) is 10.5 Å². The van der Waals surface area contributed by atoms with Crippen LogP contribution in [-0.4, -0.2) is 19.1 Å². The monoisotopic (exact) mass is 564 g/mol. The number of aryl methyl sites for hydroxylation is 3. The number of benzene rings is 2. The third-order valence-corrected chi connectivity index (χ3v) is 6.93. The highest BCUT2D eigenvalue weighted by molar-refractivity contribution is 14.1. The lowest BCUT2D eigenvalue weighted by atomic mass is 9.85. The predicted molar refractivity (Wildman–Crippen MR) is 141 cm³/mol. The molecule has 7 heteroatoms. The van der Waals surface area contributed by atoms with Gasteiger partial charge in [0.15, 0.2) is 0 Å². The van der Waals surface area contributed by atoms with Gasteiger partial charge in [-0.05, 0) is 64.4 Å². The molecule has 0 amide bonds. The maximum Gasteiger partial charge on any atom is 0.252 e. The minimum atomic E-state index is -1.99. The number of fused-ring (bicyclic) bond motifs is 1. The summed E-state index contributed by atoms with van der Waals surface area (Å²) in [6.45, 7) is 2.00. The van der Waals surface area contributed by atoms with E-state index in [1.807, 2.05) is 49.4 Å². The predicted octanol–water partition coefficient (Wildman–Crippen LogP) is 5.51. The van der Waals surface area contributed by atoms with Gasteiger partial charge in [0, 0.05) is 40.9 Å². The molecule has 5 aromatic rings. The summed E-state index contributed by atoms with van der Waals surface area (Å²) in [4.78, 5) is 21.5. The third-order valence-electron chi connectivity index (χ3n) is 6.21. The summed E-state index contributed by atoms with van der Waals surface area (Å²) in [5.74, 6) is 0. The second-order valence-corrected chi connectivity index (χ2v) is 9.72. The van der Waals surface area contributed by atoms with E-state index in [2.05, 4.69) is 32.6 Å². The second-order valence-electron chi connectivity index (χ2n) is 8.48. The Hall–Kier alpha value is -3.33. The van der Waals surface area contributed by atoms with Gasteiger partial charge in [-0.15, -0.1) is 0 Å². The zero-order valence-corrected chi connectivity index (χ0v) is 21.1. The minimum absolute atomic E-state index is 0.167. The molecule has 3 aromatic heterocycles. The van der Waals surface area contributed by atoms with Crippen molar-refractivity contribution >= 4 is 33.6 Å². The van der Waals surface area contributed by atoms with Gasteiger partial charge >= 0.3 is 0 Å². The number of hydrogen-bond acceptors (Lipinski definition) is 3. The van der Waals surface area contributed by atoms with Gasteiger partial charge in [-0.25, -0.2) is 14.4 Å². The van der Waals surface area contributed by atoms with E-state index in [4.69, 9.17) is 0 Å². The molecule has 2 aromatic carbocycles. The normalized spacial score (nSPS) is 13.2. The van der Waals surface area contributed by atoms with Crippen LogP contribution in [0.5, 0.6) is 0 Å². The Balaban J connectivity index is 1.84. The van der Waals surface area contributed by atoms with E-state index in [1.165, 1.54) is 10.8 Å². The van der Waals surface area contributed by atoms with Crippen molar-refractivity contribution in [3.05, 3.63) is 116 Å². The van der Waals surface area contributed by atoms with E-state index in [9.17, 15) is 4.79 Å². The van der Waals surface area contributed by atoms with Crippen molar-refractivity contribution in [2.45, 2.75) is 12.6 Å². The Bertz CT molecular complexity index is 1590. The van der Waals surface area contributed by atoms with Crippen LogP contribution in [0.3, 0.4) is 0 Å². The SMILES string of the molecule is Cc1cccc(-c2cc(=O)n(C)c3ncc([C@](F)(c4ccc(I)cc4)c4cncn4C)cc23)c1. The van der Waals surface area contributed by atoms with E-state index in [0.717, 1.165) is 20.3 Å². The number of imidazole rings is 1. The molecule has 0 aliphatic heterocycles. The smallest absolute Gasteiger partial charge is 0.252 e. The fourth-order valence-corrected chi connectivity index (χ4v) is 4.76. The molecule has 0 fully saturated rings. The molecule has 0 aliphatic rings. The summed E-state index contributed by atoms with van der Waals surface area (Å²) in [7, 11) is 3.46. The van der Waals surface area contributed by atoms with Gasteiger partial charge in [-0.1, -0.05) is 42.0 Å². The van der Waals surface area contributed by atoms with Gasteiger partial charge < -0.3 is 4.57 Å². The first-order valence-electron chi connectivity index (χ1n) is 10.8. The van der Waals surface area contributed by atoms with Crippen molar-refractivity contribution in [1.29, 1.82) is 0 Å².